The monoisotopic (exact) mass is 287 g/mol. The van der Waals surface area contributed by atoms with Crippen LogP contribution in [-0.4, -0.2) is 53.2 Å². The fourth-order valence-electron chi connectivity index (χ4n) is 2.93. The van der Waals surface area contributed by atoms with Crippen LogP contribution >= 0.6 is 0 Å². The van der Waals surface area contributed by atoms with E-state index in [0.29, 0.717) is 24.8 Å². The topological polar surface area (TPSA) is 68.4 Å². The molecule has 0 spiro atoms. The fourth-order valence-corrected chi connectivity index (χ4v) is 2.93. The lowest BCUT2D eigenvalue weighted by molar-refractivity contribution is 0.0701. The van der Waals surface area contributed by atoms with Gasteiger partial charge in [-0.3, -0.25) is 4.79 Å². The minimum Gasteiger partial charge on any atom is -0.395 e. The zero-order chi connectivity index (χ0) is 14.7. The molecule has 1 aliphatic heterocycles. The third kappa shape index (κ3) is 3.09. The summed E-state index contributed by atoms with van der Waals surface area (Å²) in [4.78, 5) is 17.5. The van der Waals surface area contributed by atoms with Gasteiger partial charge in [0.05, 0.1) is 6.61 Å². The molecule has 1 aliphatic rings. The van der Waals surface area contributed by atoms with Crippen molar-refractivity contribution >= 4 is 16.8 Å². The number of nitrogens with zero attached hydrogens (tertiary/aromatic N) is 1. The van der Waals surface area contributed by atoms with Crippen LogP contribution in [0.25, 0.3) is 10.9 Å². The predicted octanol–water partition coefficient (Wildman–Crippen LogP) is 1.35. The molecule has 1 amide bonds. The van der Waals surface area contributed by atoms with Gasteiger partial charge in [-0.25, -0.2) is 0 Å². The Balaban J connectivity index is 1.78. The average Bonchev–Trinajstić information content (AvgIpc) is 3.14. The van der Waals surface area contributed by atoms with Crippen LogP contribution in [0.4, 0.5) is 0 Å². The highest BCUT2D eigenvalue weighted by Crippen LogP contribution is 2.17. The highest BCUT2D eigenvalue weighted by atomic mass is 16.3. The van der Waals surface area contributed by atoms with Crippen molar-refractivity contribution in [3.05, 3.63) is 36.0 Å². The van der Waals surface area contributed by atoms with Crippen LogP contribution in [0.1, 0.15) is 23.3 Å². The molecule has 112 valence electrons. The number of aliphatic hydroxyl groups excluding tert-OH is 1. The molecular formula is C16H21N3O2. The summed E-state index contributed by atoms with van der Waals surface area (Å²) in [5.74, 6) is -0.0473. The van der Waals surface area contributed by atoms with Crippen molar-refractivity contribution in [1.82, 2.24) is 15.2 Å². The molecule has 3 N–H and O–H groups in total. The number of nitrogens with one attached hydrogen (secondary N) is 2. The molecule has 2 heterocycles. The SMILES string of the molecule is O=C(c1cc2ccccc2[nH]1)N(CCO)CC1CCCN1. The molecule has 0 saturated carbocycles. The number of aliphatic hydroxyl groups is 1. The molecule has 1 fully saturated rings. The highest BCUT2D eigenvalue weighted by molar-refractivity contribution is 5.98. The number of benzene rings is 1. The number of fused-ring (bicyclic) bond motifs is 1. The summed E-state index contributed by atoms with van der Waals surface area (Å²) >= 11 is 0. The summed E-state index contributed by atoms with van der Waals surface area (Å²) < 4.78 is 0. The summed E-state index contributed by atoms with van der Waals surface area (Å²) in [5.41, 5.74) is 1.55. The Kier molecular flexibility index (Phi) is 4.22. The molecule has 0 aliphatic carbocycles. The highest BCUT2D eigenvalue weighted by Gasteiger charge is 2.23. The maximum absolute atomic E-state index is 12.6. The van der Waals surface area contributed by atoms with E-state index >= 15 is 0 Å². The second-order valence-electron chi connectivity index (χ2n) is 5.54. The van der Waals surface area contributed by atoms with E-state index in [1.165, 1.54) is 0 Å². The lowest BCUT2D eigenvalue weighted by Crippen LogP contribution is -2.42. The lowest BCUT2D eigenvalue weighted by atomic mass is 10.2. The van der Waals surface area contributed by atoms with Crippen molar-refractivity contribution < 1.29 is 9.90 Å². The Morgan fingerprint density at radius 2 is 2.24 bits per heavy atom. The van der Waals surface area contributed by atoms with Gasteiger partial charge in [0.15, 0.2) is 0 Å². The minimum atomic E-state index is -0.0473. The summed E-state index contributed by atoms with van der Waals surface area (Å²) in [6.07, 6.45) is 2.24. The van der Waals surface area contributed by atoms with E-state index in [1.807, 2.05) is 30.3 Å². The van der Waals surface area contributed by atoms with Gasteiger partial charge in [-0.1, -0.05) is 18.2 Å². The molecule has 1 aromatic carbocycles. The molecule has 0 radical (unpaired) electrons. The van der Waals surface area contributed by atoms with Gasteiger partial charge in [-0.05, 0) is 31.5 Å². The van der Waals surface area contributed by atoms with E-state index in [4.69, 9.17) is 0 Å². The van der Waals surface area contributed by atoms with Crippen LogP contribution in [0, 0.1) is 0 Å². The molecular weight excluding hydrogens is 266 g/mol. The van der Waals surface area contributed by atoms with E-state index in [-0.39, 0.29) is 12.5 Å². The van der Waals surface area contributed by atoms with Crippen LogP contribution in [-0.2, 0) is 0 Å². The van der Waals surface area contributed by atoms with Crippen LogP contribution < -0.4 is 5.32 Å². The van der Waals surface area contributed by atoms with E-state index in [0.717, 1.165) is 30.3 Å². The summed E-state index contributed by atoms with van der Waals surface area (Å²) in [6, 6.07) is 10.1. The summed E-state index contributed by atoms with van der Waals surface area (Å²) in [7, 11) is 0. The van der Waals surface area contributed by atoms with Gasteiger partial charge in [0.2, 0.25) is 0 Å². The first-order valence-electron chi connectivity index (χ1n) is 7.49. The number of H-pyrrole nitrogens is 1. The predicted molar refractivity (Wildman–Crippen MR) is 82.3 cm³/mol. The molecule has 21 heavy (non-hydrogen) atoms. The van der Waals surface area contributed by atoms with Crippen molar-refractivity contribution in [2.75, 3.05) is 26.2 Å². The fraction of sp³-hybridized carbons (Fsp3) is 0.438. The quantitative estimate of drug-likeness (QED) is 0.777. The Hall–Kier alpha value is -1.85. The van der Waals surface area contributed by atoms with E-state index < -0.39 is 0 Å². The number of rotatable bonds is 5. The number of aromatic nitrogens is 1. The second kappa shape index (κ2) is 6.28. The largest absolute Gasteiger partial charge is 0.395 e. The number of aromatic amines is 1. The number of para-hydroxylation sites is 1. The molecule has 2 aromatic rings. The van der Waals surface area contributed by atoms with Crippen LogP contribution in [0.15, 0.2) is 30.3 Å². The Morgan fingerprint density at radius 3 is 2.95 bits per heavy atom. The average molecular weight is 287 g/mol. The van der Waals surface area contributed by atoms with Gasteiger partial charge < -0.3 is 20.3 Å². The van der Waals surface area contributed by atoms with Crippen molar-refractivity contribution in [1.29, 1.82) is 0 Å². The molecule has 5 heteroatoms. The molecule has 1 aromatic heterocycles. The standard InChI is InChI=1S/C16H21N3O2/c20-9-8-19(11-13-5-3-7-17-13)16(21)15-10-12-4-1-2-6-14(12)18-15/h1-2,4,6,10,13,17-18,20H,3,5,7-9,11H2. The normalized spacial score (nSPS) is 18.2. The van der Waals surface area contributed by atoms with Crippen LogP contribution in [0.2, 0.25) is 0 Å². The van der Waals surface area contributed by atoms with E-state index in [9.17, 15) is 9.90 Å². The first-order chi connectivity index (χ1) is 10.3. The molecule has 1 atom stereocenters. The Labute approximate surface area is 124 Å². The van der Waals surface area contributed by atoms with Crippen molar-refractivity contribution in [3.63, 3.8) is 0 Å². The maximum atomic E-state index is 12.6. The molecule has 1 saturated heterocycles. The van der Waals surface area contributed by atoms with Crippen LogP contribution in [0.3, 0.4) is 0 Å². The van der Waals surface area contributed by atoms with Crippen molar-refractivity contribution in [2.45, 2.75) is 18.9 Å². The maximum Gasteiger partial charge on any atom is 0.270 e. The number of amides is 1. The summed E-state index contributed by atoms with van der Waals surface area (Å²) in [6.45, 7) is 2.01. The third-order valence-corrected chi connectivity index (χ3v) is 4.02. The molecule has 3 rings (SSSR count). The number of hydrogen-bond donors (Lipinski definition) is 3. The number of carbonyl (C=O) groups excluding carboxylic acids is 1. The smallest absolute Gasteiger partial charge is 0.270 e. The van der Waals surface area contributed by atoms with Crippen molar-refractivity contribution in [2.24, 2.45) is 0 Å². The first kappa shape index (κ1) is 14.1. The first-order valence-corrected chi connectivity index (χ1v) is 7.49. The van der Waals surface area contributed by atoms with Crippen molar-refractivity contribution in [3.8, 4) is 0 Å². The van der Waals surface area contributed by atoms with Gasteiger partial charge >= 0.3 is 0 Å². The van der Waals surface area contributed by atoms with E-state index in [2.05, 4.69) is 10.3 Å². The zero-order valence-corrected chi connectivity index (χ0v) is 12.0. The summed E-state index contributed by atoms with van der Waals surface area (Å²) in [5, 5.41) is 13.6. The van der Waals surface area contributed by atoms with Gasteiger partial charge in [-0.15, -0.1) is 0 Å². The van der Waals surface area contributed by atoms with Crippen LogP contribution in [0.5, 0.6) is 0 Å². The van der Waals surface area contributed by atoms with Gasteiger partial charge in [0, 0.05) is 30.0 Å². The number of hydrogen-bond acceptors (Lipinski definition) is 3. The minimum absolute atomic E-state index is 0.0152. The molecule has 0 bridgehead atoms. The second-order valence-corrected chi connectivity index (χ2v) is 5.54. The zero-order valence-electron chi connectivity index (χ0n) is 12.0. The van der Waals surface area contributed by atoms with Gasteiger partial charge in [-0.2, -0.15) is 0 Å². The Morgan fingerprint density at radius 1 is 1.38 bits per heavy atom. The Bertz CT molecular complexity index is 584. The van der Waals surface area contributed by atoms with Gasteiger partial charge in [0.25, 0.3) is 5.91 Å². The molecule has 1 unspecified atom stereocenters. The van der Waals surface area contributed by atoms with Gasteiger partial charge in [0.1, 0.15) is 5.69 Å². The van der Waals surface area contributed by atoms with E-state index in [1.54, 1.807) is 4.90 Å². The molecule has 5 nitrogen and oxygen atoms in total. The third-order valence-electron chi connectivity index (χ3n) is 4.02. The lowest BCUT2D eigenvalue weighted by Gasteiger charge is -2.24. The number of carbonyl (C=O) groups is 1.